The molecule has 300 valence electrons. The first-order valence-electron chi connectivity index (χ1n) is 19.0. The van der Waals surface area contributed by atoms with Crippen LogP contribution in [-0.4, -0.2) is 57.3 Å². The number of ether oxygens (including phenoxy) is 2. The van der Waals surface area contributed by atoms with Crippen LogP contribution in [0.25, 0.3) is 0 Å². The first kappa shape index (κ1) is 41.3. The van der Waals surface area contributed by atoms with E-state index in [1.54, 1.807) is 97.6 Å². The minimum Gasteiger partial charge on any atom is -0.444 e. The molecule has 0 radical (unpaired) electrons. The fourth-order valence-corrected chi connectivity index (χ4v) is 6.35. The van der Waals surface area contributed by atoms with Crippen molar-refractivity contribution >= 4 is 35.4 Å². The van der Waals surface area contributed by atoms with Crippen LogP contribution in [0.15, 0.2) is 158 Å². The van der Waals surface area contributed by atoms with Crippen LogP contribution in [0.2, 0.25) is 0 Å². The lowest BCUT2D eigenvalue weighted by Crippen LogP contribution is -2.48. The van der Waals surface area contributed by atoms with Crippen LogP contribution in [0.4, 0.5) is 21.0 Å². The third kappa shape index (κ3) is 12.8. The molecule has 0 aliphatic carbocycles. The van der Waals surface area contributed by atoms with Crippen molar-refractivity contribution in [1.82, 2.24) is 20.6 Å². The number of para-hydroxylation sites is 2. The van der Waals surface area contributed by atoms with E-state index in [0.717, 1.165) is 11.1 Å². The molecular weight excluding hydrogens is 749 g/mol. The highest BCUT2D eigenvalue weighted by molar-refractivity contribution is 6.03. The van der Waals surface area contributed by atoms with Crippen LogP contribution in [0.5, 0.6) is 0 Å². The Labute approximate surface area is 341 Å². The van der Waals surface area contributed by atoms with Gasteiger partial charge in [0, 0.05) is 42.0 Å². The maximum absolute atomic E-state index is 14.0. The van der Waals surface area contributed by atoms with E-state index < -0.39 is 42.2 Å². The molecule has 5 N–H and O–H groups in total. The van der Waals surface area contributed by atoms with Gasteiger partial charge in [-0.05, 0) is 66.8 Å². The van der Waals surface area contributed by atoms with Crippen LogP contribution < -0.4 is 21.3 Å². The number of aliphatic hydroxyl groups excluding tert-OH is 1. The summed E-state index contributed by atoms with van der Waals surface area (Å²) in [7, 11) is 0. The summed E-state index contributed by atoms with van der Waals surface area (Å²) in [5.74, 6) is -1.02. The van der Waals surface area contributed by atoms with E-state index in [2.05, 4.69) is 31.2 Å². The molecule has 59 heavy (non-hydrogen) atoms. The topological polar surface area (TPSA) is 181 Å². The number of carbonyl (C=O) groups is 4. The number of aromatic nitrogens is 2. The first-order chi connectivity index (χ1) is 28.8. The fourth-order valence-electron chi connectivity index (χ4n) is 6.35. The van der Waals surface area contributed by atoms with Crippen molar-refractivity contribution in [2.24, 2.45) is 0 Å². The molecule has 3 atom stereocenters. The molecule has 0 fully saturated rings. The van der Waals surface area contributed by atoms with E-state index in [0.29, 0.717) is 17.5 Å². The molecule has 0 spiro atoms. The molecule has 6 aromatic rings. The fraction of sp³-hybridized carbons (Fsp3) is 0.174. The first-order valence-corrected chi connectivity index (χ1v) is 19.0. The SMILES string of the molecule is O=C(Nc1ccccc1C(=O)N[C@@H](Cc1ccccc1)C[C@H](O)[C@H](Cc1ccccc1)NC(=O)c1ccccc1NC(=O)OCc1cccnc1)OCc1cccnc1. The van der Waals surface area contributed by atoms with E-state index in [9.17, 15) is 24.3 Å². The van der Waals surface area contributed by atoms with Crippen molar-refractivity contribution < 1.29 is 33.8 Å². The molecule has 0 unspecified atom stereocenters. The summed E-state index contributed by atoms with van der Waals surface area (Å²) in [6.07, 6.45) is 4.41. The summed E-state index contributed by atoms with van der Waals surface area (Å²) < 4.78 is 10.7. The smallest absolute Gasteiger partial charge is 0.411 e. The van der Waals surface area contributed by atoms with E-state index in [1.165, 1.54) is 0 Å². The molecule has 4 aromatic carbocycles. The summed E-state index contributed by atoms with van der Waals surface area (Å²) in [6, 6.07) is 37.6. The number of hydrogen-bond donors (Lipinski definition) is 5. The van der Waals surface area contributed by atoms with Gasteiger partial charge in [-0.25, -0.2) is 9.59 Å². The average Bonchev–Trinajstić information content (AvgIpc) is 3.26. The standard InChI is InChI=1S/C46H44N6O7/c53-42(41(26-33-15-5-2-6-16-33)50-44(55)38-20-8-10-22-40(38)52-46(57)59-31-35-18-12-24-48-29-35)27-36(25-32-13-3-1-4-14-32)49-43(54)37-19-7-9-21-39(37)51-45(56)58-30-34-17-11-23-47-28-34/h1-24,28-29,36,41-42,53H,25-27,30-31H2,(H,49,54)(H,50,55)(H,51,56)(H,52,57)/t36-,41-,42-/m0/s1. The van der Waals surface area contributed by atoms with Gasteiger partial charge >= 0.3 is 12.2 Å². The molecule has 0 saturated heterocycles. The van der Waals surface area contributed by atoms with E-state index in [1.807, 2.05) is 60.7 Å². The Morgan fingerprint density at radius 1 is 0.525 bits per heavy atom. The minimum absolute atomic E-state index is 0.00670. The maximum Gasteiger partial charge on any atom is 0.411 e. The third-order valence-electron chi connectivity index (χ3n) is 9.27. The number of anilines is 2. The van der Waals surface area contributed by atoms with Gasteiger partial charge in [0.05, 0.1) is 34.6 Å². The second kappa shape index (κ2) is 21.2. The van der Waals surface area contributed by atoms with Gasteiger partial charge in [-0.15, -0.1) is 0 Å². The number of pyridine rings is 2. The lowest BCUT2D eigenvalue weighted by molar-refractivity contribution is 0.0756. The quantitative estimate of drug-likeness (QED) is 0.0644. The lowest BCUT2D eigenvalue weighted by atomic mass is 9.93. The summed E-state index contributed by atoms with van der Waals surface area (Å²) in [5.41, 5.74) is 3.99. The van der Waals surface area contributed by atoms with Gasteiger partial charge < -0.3 is 25.2 Å². The van der Waals surface area contributed by atoms with Gasteiger partial charge in [0.25, 0.3) is 11.8 Å². The van der Waals surface area contributed by atoms with Crippen molar-refractivity contribution in [1.29, 1.82) is 0 Å². The van der Waals surface area contributed by atoms with Crippen molar-refractivity contribution in [3.8, 4) is 0 Å². The summed E-state index contributed by atoms with van der Waals surface area (Å²) in [5, 5.41) is 23.4. The van der Waals surface area contributed by atoms with Gasteiger partial charge in [0.15, 0.2) is 0 Å². The number of hydrogen-bond acceptors (Lipinski definition) is 9. The van der Waals surface area contributed by atoms with Crippen molar-refractivity contribution in [3.05, 3.63) is 192 Å². The van der Waals surface area contributed by atoms with Crippen LogP contribution in [-0.2, 0) is 35.5 Å². The van der Waals surface area contributed by atoms with Crippen LogP contribution in [0, 0.1) is 0 Å². The predicted octanol–water partition coefficient (Wildman–Crippen LogP) is 7.11. The van der Waals surface area contributed by atoms with E-state index in [-0.39, 0.29) is 48.6 Å². The number of rotatable bonds is 17. The molecule has 0 aliphatic heterocycles. The van der Waals surface area contributed by atoms with Crippen molar-refractivity contribution in [3.63, 3.8) is 0 Å². The molecule has 0 bridgehead atoms. The van der Waals surface area contributed by atoms with Gasteiger partial charge in [0.1, 0.15) is 13.2 Å². The van der Waals surface area contributed by atoms with Crippen molar-refractivity contribution in [2.45, 2.75) is 50.7 Å². The number of amides is 4. The van der Waals surface area contributed by atoms with Gasteiger partial charge in [0.2, 0.25) is 0 Å². The largest absolute Gasteiger partial charge is 0.444 e. The maximum atomic E-state index is 14.0. The Hall–Kier alpha value is -7.38. The second-order valence-electron chi connectivity index (χ2n) is 13.6. The van der Waals surface area contributed by atoms with Crippen LogP contribution in [0.1, 0.15) is 49.4 Å². The summed E-state index contributed by atoms with van der Waals surface area (Å²) >= 11 is 0. The summed E-state index contributed by atoms with van der Waals surface area (Å²) in [4.78, 5) is 61.5. The molecular formula is C46H44N6O7. The zero-order valence-corrected chi connectivity index (χ0v) is 32.1. The van der Waals surface area contributed by atoms with E-state index in [4.69, 9.17) is 9.47 Å². The van der Waals surface area contributed by atoms with Gasteiger partial charge in [-0.2, -0.15) is 0 Å². The Bertz CT molecular complexity index is 2280. The molecule has 4 amide bonds. The number of carbonyl (C=O) groups excluding carboxylic acids is 4. The zero-order chi connectivity index (χ0) is 41.2. The Morgan fingerprint density at radius 2 is 0.966 bits per heavy atom. The highest BCUT2D eigenvalue weighted by Crippen LogP contribution is 2.21. The molecule has 0 saturated carbocycles. The number of nitrogens with zero attached hydrogens (tertiary/aromatic N) is 2. The monoisotopic (exact) mass is 792 g/mol. The third-order valence-corrected chi connectivity index (χ3v) is 9.27. The molecule has 13 nitrogen and oxygen atoms in total. The Morgan fingerprint density at radius 3 is 1.46 bits per heavy atom. The Balaban J connectivity index is 1.18. The normalized spacial score (nSPS) is 12.2. The Kier molecular flexibility index (Phi) is 14.8. The van der Waals surface area contributed by atoms with Gasteiger partial charge in [-0.1, -0.05) is 97.1 Å². The second-order valence-corrected chi connectivity index (χ2v) is 13.6. The molecule has 2 aromatic heterocycles. The number of aliphatic hydroxyl groups is 1. The van der Waals surface area contributed by atoms with E-state index >= 15 is 0 Å². The number of nitrogens with one attached hydrogen (secondary N) is 4. The molecule has 2 heterocycles. The minimum atomic E-state index is -1.16. The average molecular weight is 793 g/mol. The number of benzene rings is 4. The van der Waals surface area contributed by atoms with Crippen LogP contribution >= 0.6 is 0 Å². The predicted molar refractivity (Wildman–Crippen MR) is 222 cm³/mol. The highest BCUT2D eigenvalue weighted by atomic mass is 16.6. The van der Waals surface area contributed by atoms with Gasteiger partial charge in [-0.3, -0.25) is 30.2 Å². The molecule has 13 heteroatoms. The van der Waals surface area contributed by atoms with Crippen LogP contribution in [0.3, 0.4) is 0 Å². The lowest BCUT2D eigenvalue weighted by Gasteiger charge is -2.29. The zero-order valence-electron chi connectivity index (χ0n) is 32.1. The van der Waals surface area contributed by atoms with Crippen molar-refractivity contribution in [2.75, 3.05) is 10.6 Å². The highest BCUT2D eigenvalue weighted by Gasteiger charge is 2.28. The molecule has 0 aliphatic rings. The molecule has 6 rings (SSSR count). The summed E-state index contributed by atoms with van der Waals surface area (Å²) in [6.45, 7) is -0.0190.